The summed E-state index contributed by atoms with van der Waals surface area (Å²) < 4.78 is 0. The van der Waals surface area contributed by atoms with E-state index in [1.807, 2.05) is 0 Å². The van der Waals surface area contributed by atoms with Crippen LogP contribution in [-0.2, 0) is 0 Å². The average molecular weight is 97.2 g/mol. The minimum Gasteiger partial charge on any atom is -0.343 e. The van der Waals surface area contributed by atoms with Crippen molar-refractivity contribution >= 4 is 0 Å². The number of hydrogen-bond acceptors (Lipinski definition) is 0. The third-order valence-corrected chi connectivity index (χ3v) is 2.37. The van der Waals surface area contributed by atoms with Gasteiger partial charge in [0.1, 0.15) is 0 Å². The van der Waals surface area contributed by atoms with Crippen molar-refractivity contribution in [3.05, 3.63) is 6.92 Å². The topological polar surface area (TPSA) is 0 Å². The molecule has 1 saturated carbocycles. The highest BCUT2D eigenvalue weighted by atomic mass is 14.5. The van der Waals surface area contributed by atoms with Gasteiger partial charge in [0.15, 0.2) is 0 Å². The molecule has 0 aliphatic heterocycles. The second kappa shape index (κ2) is 1.50. The average Bonchev–Trinajstić information content (AvgIpc) is 2.17. The summed E-state index contributed by atoms with van der Waals surface area (Å²) in [6.07, 6.45) is 1.14. The molecule has 7 heavy (non-hydrogen) atoms. The van der Waals surface area contributed by atoms with Crippen LogP contribution >= 0.6 is 0 Å². The van der Waals surface area contributed by atoms with E-state index in [0.29, 0.717) is 0 Å². The Morgan fingerprint density at radius 2 is 1.71 bits per heavy atom. The van der Waals surface area contributed by atoms with E-state index < -0.39 is 0 Å². The van der Waals surface area contributed by atoms with E-state index in [-0.39, 0.29) is 0 Å². The molecule has 0 bridgehead atoms. The Morgan fingerprint density at radius 1 is 1.29 bits per heavy atom. The largest absolute Gasteiger partial charge is 0.343 e. The first-order chi connectivity index (χ1) is 3.27. The van der Waals surface area contributed by atoms with Gasteiger partial charge < -0.3 is 6.92 Å². The summed E-state index contributed by atoms with van der Waals surface area (Å²) >= 11 is 0. The van der Waals surface area contributed by atoms with Gasteiger partial charge in [-0.25, -0.2) is 0 Å². The maximum atomic E-state index is 3.85. The quantitative estimate of drug-likeness (QED) is 0.439. The molecule has 0 aromatic rings. The van der Waals surface area contributed by atoms with Crippen LogP contribution in [0.25, 0.3) is 0 Å². The van der Waals surface area contributed by atoms with E-state index in [2.05, 4.69) is 20.8 Å². The summed E-state index contributed by atoms with van der Waals surface area (Å²) in [5, 5.41) is 0. The van der Waals surface area contributed by atoms with Gasteiger partial charge in [-0.1, -0.05) is 19.8 Å². The zero-order valence-corrected chi connectivity index (χ0v) is 5.15. The van der Waals surface area contributed by atoms with Gasteiger partial charge in [0, 0.05) is 0 Å². The SMILES string of the molecule is [CH2-]CC1C(C)C1C. The lowest BCUT2D eigenvalue weighted by molar-refractivity contribution is 0.749. The lowest BCUT2D eigenvalue weighted by Gasteiger charge is -1.88. The predicted octanol–water partition coefficient (Wildman–Crippen LogP) is 2.11. The normalized spacial score (nSPS) is 49.3. The van der Waals surface area contributed by atoms with Crippen molar-refractivity contribution in [3.63, 3.8) is 0 Å². The molecule has 0 nitrogen and oxygen atoms in total. The molecule has 0 saturated heterocycles. The number of hydrogen-bond donors (Lipinski definition) is 0. The van der Waals surface area contributed by atoms with Crippen LogP contribution in [0.1, 0.15) is 20.3 Å². The molecule has 0 heterocycles. The van der Waals surface area contributed by atoms with Crippen LogP contribution in [0.3, 0.4) is 0 Å². The summed E-state index contributed by atoms with van der Waals surface area (Å²) in [5.74, 6) is 2.90. The van der Waals surface area contributed by atoms with E-state index >= 15 is 0 Å². The molecule has 0 aromatic heterocycles. The fourth-order valence-electron chi connectivity index (χ4n) is 1.29. The molecule has 42 valence electrons. The van der Waals surface area contributed by atoms with Crippen LogP contribution in [0.5, 0.6) is 0 Å². The summed E-state index contributed by atoms with van der Waals surface area (Å²) in [6, 6.07) is 0. The summed E-state index contributed by atoms with van der Waals surface area (Å²) in [7, 11) is 0. The Morgan fingerprint density at radius 3 is 1.71 bits per heavy atom. The molecular weight excluding hydrogens is 84.1 g/mol. The Hall–Kier alpha value is 0. The van der Waals surface area contributed by atoms with Crippen molar-refractivity contribution < 1.29 is 0 Å². The molecule has 0 aromatic carbocycles. The van der Waals surface area contributed by atoms with Gasteiger partial charge in [-0.2, -0.15) is 6.42 Å². The minimum atomic E-state index is 0.958. The van der Waals surface area contributed by atoms with Crippen LogP contribution in [0.15, 0.2) is 0 Å². The Kier molecular flexibility index (Phi) is 1.10. The molecule has 2 unspecified atom stereocenters. The van der Waals surface area contributed by atoms with Crippen molar-refractivity contribution in [1.82, 2.24) is 0 Å². The monoisotopic (exact) mass is 97.1 g/mol. The van der Waals surface area contributed by atoms with Crippen LogP contribution < -0.4 is 0 Å². The van der Waals surface area contributed by atoms with Crippen LogP contribution in [-0.4, -0.2) is 0 Å². The van der Waals surface area contributed by atoms with Gasteiger partial charge in [0.05, 0.1) is 0 Å². The molecule has 0 radical (unpaired) electrons. The first-order valence-corrected chi connectivity index (χ1v) is 3.06. The molecule has 1 aliphatic carbocycles. The highest BCUT2D eigenvalue weighted by molar-refractivity contribution is 4.90. The Bertz CT molecular complexity index is 58.4. The molecule has 2 atom stereocenters. The van der Waals surface area contributed by atoms with E-state index in [9.17, 15) is 0 Å². The van der Waals surface area contributed by atoms with Gasteiger partial charge in [-0.3, -0.25) is 0 Å². The third-order valence-electron chi connectivity index (χ3n) is 2.37. The smallest absolute Gasteiger partial charge is 0.0408 e. The maximum Gasteiger partial charge on any atom is -0.0408 e. The lowest BCUT2D eigenvalue weighted by Crippen LogP contribution is -1.70. The zero-order valence-electron chi connectivity index (χ0n) is 5.15. The first-order valence-electron chi connectivity index (χ1n) is 3.06. The van der Waals surface area contributed by atoms with E-state index in [4.69, 9.17) is 0 Å². The van der Waals surface area contributed by atoms with Crippen LogP contribution in [0, 0.1) is 24.7 Å². The number of rotatable bonds is 1. The Balaban J connectivity index is 2.24. The molecule has 0 N–H and O–H groups in total. The predicted molar refractivity (Wildman–Crippen MR) is 31.8 cm³/mol. The molecular formula is C7H13-. The highest BCUT2D eigenvalue weighted by Crippen LogP contribution is 2.47. The van der Waals surface area contributed by atoms with Crippen molar-refractivity contribution in [1.29, 1.82) is 0 Å². The molecule has 1 fully saturated rings. The van der Waals surface area contributed by atoms with Crippen molar-refractivity contribution in [2.75, 3.05) is 0 Å². The van der Waals surface area contributed by atoms with E-state index in [0.717, 1.165) is 24.2 Å². The van der Waals surface area contributed by atoms with Crippen molar-refractivity contribution in [3.8, 4) is 0 Å². The molecule has 0 heteroatoms. The fourth-order valence-corrected chi connectivity index (χ4v) is 1.29. The summed E-state index contributed by atoms with van der Waals surface area (Å²) in [5.41, 5.74) is 0. The van der Waals surface area contributed by atoms with Crippen molar-refractivity contribution in [2.45, 2.75) is 20.3 Å². The standard InChI is InChI=1S/C7H13/c1-4-7-5(2)6(7)3/h5-7H,1,4H2,2-3H3/q-1. The third kappa shape index (κ3) is 0.667. The lowest BCUT2D eigenvalue weighted by atomic mass is 10.3. The van der Waals surface area contributed by atoms with Gasteiger partial charge in [-0.15, -0.1) is 0 Å². The fraction of sp³-hybridized carbons (Fsp3) is 0.857. The molecule has 1 rings (SSSR count). The second-order valence-corrected chi connectivity index (χ2v) is 2.67. The minimum absolute atomic E-state index is 0.958. The van der Waals surface area contributed by atoms with E-state index in [1.54, 1.807) is 0 Å². The van der Waals surface area contributed by atoms with Crippen LogP contribution in [0.2, 0.25) is 0 Å². The summed E-state index contributed by atoms with van der Waals surface area (Å²) in [4.78, 5) is 0. The van der Waals surface area contributed by atoms with Gasteiger partial charge in [0.2, 0.25) is 0 Å². The molecule has 0 spiro atoms. The molecule has 1 aliphatic rings. The van der Waals surface area contributed by atoms with Gasteiger partial charge >= 0.3 is 0 Å². The second-order valence-electron chi connectivity index (χ2n) is 2.67. The van der Waals surface area contributed by atoms with Gasteiger partial charge in [0.25, 0.3) is 0 Å². The Labute approximate surface area is 45.9 Å². The first kappa shape index (κ1) is 5.14. The van der Waals surface area contributed by atoms with E-state index in [1.165, 1.54) is 0 Å². The maximum absolute atomic E-state index is 3.85. The summed E-state index contributed by atoms with van der Waals surface area (Å²) in [6.45, 7) is 8.46. The molecule has 0 amide bonds. The van der Waals surface area contributed by atoms with Crippen molar-refractivity contribution in [2.24, 2.45) is 17.8 Å². The van der Waals surface area contributed by atoms with Crippen LogP contribution in [0.4, 0.5) is 0 Å². The zero-order chi connectivity index (χ0) is 5.44. The highest BCUT2D eigenvalue weighted by Gasteiger charge is 2.38. The van der Waals surface area contributed by atoms with Gasteiger partial charge in [-0.05, 0) is 11.8 Å².